The second-order valence-corrected chi connectivity index (χ2v) is 8.14. The van der Waals surface area contributed by atoms with Gasteiger partial charge in [-0.15, -0.1) is 0 Å². The topological polar surface area (TPSA) is 64.4 Å². The van der Waals surface area contributed by atoms with Gasteiger partial charge in [0.15, 0.2) is 11.2 Å². The monoisotopic (exact) mass is 422 g/mol. The molecule has 1 N–H and O–H groups in total. The molecule has 0 aliphatic carbocycles. The summed E-state index contributed by atoms with van der Waals surface area (Å²) in [6.45, 7) is 3.48. The molecule has 5 rings (SSSR count). The third-order valence-corrected chi connectivity index (χ3v) is 5.30. The first-order valence-electron chi connectivity index (χ1n) is 10.4. The number of fused-ring (bicyclic) bond motifs is 2. The van der Waals surface area contributed by atoms with Crippen LogP contribution in [0.15, 0.2) is 95.4 Å². The second-order valence-electron chi connectivity index (χ2n) is 8.14. The van der Waals surface area contributed by atoms with E-state index in [-0.39, 0.29) is 5.91 Å². The van der Waals surface area contributed by atoms with Crippen molar-refractivity contribution in [3.8, 4) is 17.2 Å². The molecule has 5 aromatic rings. The largest absolute Gasteiger partial charge is 0.478 e. The van der Waals surface area contributed by atoms with Gasteiger partial charge in [-0.1, -0.05) is 48.5 Å². The molecule has 32 heavy (non-hydrogen) atoms. The fourth-order valence-electron chi connectivity index (χ4n) is 3.56. The number of amides is 1. The number of nitrogens with zero attached hydrogens (tertiary/aromatic N) is 1. The van der Waals surface area contributed by atoms with Crippen molar-refractivity contribution in [3.63, 3.8) is 0 Å². The van der Waals surface area contributed by atoms with Crippen molar-refractivity contribution >= 4 is 33.5 Å². The van der Waals surface area contributed by atoms with E-state index in [4.69, 9.17) is 9.15 Å². The number of para-hydroxylation sites is 1. The molecule has 0 radical (unpaired) electrons. The van der Waals surface area contributed by atoms with Crippen molar-refractivity contribution in [3.05, 3.63) is 91.0 Å². The first kappa shape index (κ1) is 19.8. The van der Waals surface area contributed by atoms with Gasteiger partial charge < -0.3 is 14.5 Å². The minimum absolute atomic E-state index is 0.251. The van der Waals surface area contributed by atoms with Gasteiger partial charge in [0.1, 0.15) is 11.3 Å². The van der Waals surface area contributed by atoms with Gasteiger partial charge in [0.2, 0.25) is 5.89 Å². The van der Waals surface area contributed by atoms with Crippen molar-refractivity contribution < 1.29 is 13.9 Å². The number of carbonyl (C=O) groups excluding carboxylic acids is 1. The lowest BCUT2D eigenvalue weighted by atomic mass is 10.1. The number of hydrogen-bond donors (Lipinski definition) is 1. The van der Waals surface area contributed by atoms with Gasteiger partial charge in [-0.25, -0.2) is 4.98 Å². The average Bonchev–Trinajstić information content (AvgIpc) is 3.22. The van der Waals surface area contributed by atoms with Crippen molar-refractivity contribution in [2.75, 3.05) is 5.32 Å². The highest BCUT2D eigenvalue weighted by atomic mass is 16.5. The molecule has 1 heterocycles. The van der Waals surface area contributed by atoms with E-state index in [1.165, 1.54) is 0 Å². The summed E-state index contributed by atoms with van der Waals surface area (Å²) in [5, 5.41) is 5.21. The Balaban J connectivity index is 1.38. The summed E-state index contributed by atoms with van der Waals surface area (Å²) in [6.07, 6.45) is 0. The highest BCUT2D eigenvalue weighted by molar-refractivity contribution is 5.98. The maximum atomic E-state index is 12.8. The Morgan fingerprint density at radius 1 is 0.875 bits per heavy atom. The molecule has 0 fully saturated rings. The molecule has 0 spiro atoms. The molecule has 158 valence electrons. The highest BCUT2D eigenvalue weighted by Crippen LogP contribution is 2.29. The Bertz CT molecular complexity index is 1420. The number of nitrogens with one attached hydrogen (secondary N) is 1. The maximum absolute atomic E-state index is 12.8. The first-order valence-corrected chi connectivity index (χ1v) is 10.4. The smallest absolute Gasteiger partial charge is 0.267 e. The van der Waals surface area contributed by atoms with E-state index in [0.717, 1.165) is 16.3 Å². The zero-order valence-electron chi connectivity index (χ0n) is 17.8. The van der Waals surface area contributed by atoms with Crippen LogP contribution in [0.2, 0.25) is 0 Å². The van der Waals surface area contributed by atoms with E-state index in [1.807, 2.05) is 54.6 Å². The van der Waals surface area contributed by atoms with E-state index in [1.54, 1.807) is 26.0 Å². The van der Waals surface area contributed by atoms with Crippen molar-refractivity contribution in [1.29, 1.82) is 0 Å². The molecular weight excluding hydrogens is 400 g/mol. The number of aromatic nitrogens is 1. The van der Waals surface area contributed by atoms with Crippen LogP contribution in [0.25, 0.3) is 33.3 Å². The molecule has 5 nitrogen and oxygen atoms in total. The fourth-order valence-corrected chi connectivity index (χ4v) is 3.56. The average molecular weight is 422 g/mol. The Morgan fingerprint density at radius 3 is 2.44 bits per heavy atom. The molecule has 0 aliphatic rings. The predicted octanol–water partition coefficient (Wildman–Crippen LogP) is 6.44. The van der Waals surface area contributed by atoms with E-state index in [9.17, 15) is 4.79 Å². The lowest BCUT2D eigenvalue weighted by Crippen LogP contribution is -2.42. The van der Waals surface area contributed by atoms with E-state index >= 15 is 0 Å². The van der Waals surface area contributed by atoms with E-state index in [2.05, 4.69) is 34.6 Å². The summed E-state index contributed by atoms with van der Waals surface area (Å²) in [5.74, 6) is 0.931. The summed E-state index contributed by atoms with van der Waals surface area (Å²) in [6, 6.07) is 29.0. The van der Waals surface area contributed by atoms with Gasteiger partial charge in [0, 0.05) is 11.3 Å². The van der Waals surface area contributed by atoms with E-state index < -0.39 is 5.60 Å². The van der Waals surface area contributed by atoms with Crippen LogP contribution in [0.1, 0.15) is 13.8 Å². The quantitative estimate of drug-likeness (QED) is 0.354. The van der Waals surface area contributed by atoms with Gasteiger partial charge >= 0.3 is 0 Å². The summed E-state index contributed by atoms with van der Waals surface area (Å²) in [5.41, 5.74) is 1.82. The molecular formula is C27H22N2O3. The molecule has 0 aliphatic heterocycles. The number of rotatable bonds is 5. The number of carbonyl (C=O) groups is 1. The van der Waals surface area contributed by atoms with Gasteiger partial charge in [-0.3, -0.25) is 4.79 Å². The number of anilines is 1. The van der Waals surface area contributed by atoms with Gasteiger partial charge in [-0.2, -0.15) is 0 Å². The first-order chi connectivity index (χ1) is 15.5. The van der Waals surface area contributed by atoms with Crippen molar-refractivity contribution in [2.24, 2.45) is 0 Å². The summed E-state index contributed by atoms with van der Waals surface area (Å²) < 4.78 is 11.8. The number of oxazole rings is 1. The Labute approximate surface area is 185 Å². The van der Waals surface area contributed by atoms with Crippen LogP contribution < -0.4 is 10.1 Å². The van der Waals surface area contributed by atoms with Crippen LogP contribution in [0.4, 0.5) is 5.69 Å². The zero-order valence-corrected chi connectivity index (χ0v) is 17.8. The Morgan fingerprint density at radius 2 is 1.62 bits per heavy atom. The molecule has 0 atom stereocenters. The van der Waals surface area contributed by atoms with Crippen molar-refractivity contribution in [2.45, 2.75) is 19.4 Å². The van der Waals surface area contributed by atoms with Crippen LogP contribution in [0.3, 0.4) is 0 Å². The van der Waals surface area contributed by atoms with Crippen molar-refractivity contribution in [1.82, 2.24) is 4.98 Å². The summed E-state index contributed by atoms with van der Waals surface area (Å²) in [7, 11) is 0. The molecule has 0 saturated carbocycles. The summed E-state index contributed by atoms with van der Waals surface area (Å²) in [4.78, 5) is 17.5. The molecule has 0 bridgehead atoms. The normalized spacial score (nSPS) is 11.6. The maximum Gasteiger partial charge on any atom is 0.267 e. The third-order valence-electron chi connectivity index (χ3n) is 5.30. The van der Waals surface area contributed by atoms with Crippen LogP contribution >= 0.6 is 0 Å². The lowest BCUT2D eigenvalue weighted by Gasteiger charge is -2.25. The van der Waals surface area contributed by atoms with Gasteiger partial charge in [-0.05, 0) is 67.1 Å². The predicted molar refractivity (Wildman–Crippen MR) is 127 cm³/mol. The minimum atomic E-state index is -1.05. The molecule has 1 aromatic heterocycles. The third kappa shape index (κ3) is 3.93. The molecule has 5 heteroatoms. The van der Waals surface area contributed by atoms with Gasteiger partial charge in [0.25, 0.3) is 5.91 Å². The zero-order chi connectivity index (χ0) is 22.1. The van der Waals surface area contributed by atoms with Gasteiger partial charge in [0.05, 0.1) is 0 Å². The van der Waals surface area contributed by atoms with Crippen LogP contribution in [-0.4, -0.2) is 16.5 Å². The van der Waals surface area contributed by atoms with E-state index in [0.29, 0.717) is 28.4 Å². The summed E-state index contributed by atoms with van der Waals surface area (Å²) >= 11 is 0. The molecule has 4 aromatic carbocycles. The molecule has 1 amide bonds. The standard InChI is InChI=1S/C27H22N2O3/c1-27(2,32-22-10-4-3-5-11-22)26(30)28-21-14-15-24-23(17-21)29-25(31-24)20-13-12-18-8-6-7-9-19(18)16-20/h3-17H,1-2H3,(H,28,30). The number of benzene rings is 4. The minimum Gasteiger partial charge on any atom is -0.478 e. The SMILES string of the molecule is CC(C)(Oc1ccccc1)C(=O)Nc1ccc2oc(-c3ccc4ccccc4c3)nc2c1. The Hall–Kier alpha value is -4.12. The number of hydrogen-bond acceptors (Lipinski definition) is 4. The molecule has 0 saturated heterocycles. The number of ether oxygens (including phenoxy) is 1. The molecule has 0 unspecified atom stereocenters. The lowest BCUT2D eigenvalue weighted by molar-refractivity contribution is -0.128. The highest BCUT2D eigenvalue weighted by Gasteiger charge is 2.30. The second kappa shape index (κ2) is 7.85. The van der Waals surface area contributed by atoms with Crippen LogP contribution in [0.5, 0.6) is 5.75 Å². The Kier molecular flexibility index (Phi) is 4.86. The fraction of sp³-hybridized carbons (Fsp3) is 0.111. The van der Waals surface area contributed by atoms with Crippen LogP contribution in [-0.2, 0) is 4.79 Å². The van der Waals surface area contributed by atoms with Crippen LogP contribution in [0, 0.1) is 0 Å².